The summed E-state index contributed by atoms with van der Waals surface area (Å²) >= 11 is 15.1. The Morgan fingerprint density at radius 2 is 2.12 bits per heavy atom. The Balaban J connectivity index is 2.77. The van der Waals surface area contributed by atoms with Crippen LogP contribution in [0.2, 0.25) is 10.0 Å². The van der Waals surface area contributed by atoms with Gasteiger partial charge in [0.25, 0.3) is 0 Å². The lowest BCUT2D eigenvalue weighted by atomic mass is 10.2. The van der Waals surface area contributed by atoms with E-state index in [0.717, 1.165) is 5.56 Å². The van der Waals surface area contributed by atoms with Gasteiger partial charge in [-0.25, -0.2) is 0 Å². The first-order valence-electron chi connectivity index (χ1n) is 4.74. The summed E-state index contributed by atoms with van der Waals surface area (Å²) < 4.78 is 0. The number of carbonyl (C=O) groups excluding carboxylic acids is 1. The molecule has 0 spiro atoms. The molecule has 1 aromatic carbocycles. The van der Waals surface area contributed by atoms with E-state index >= 15 is 0 Å². The van der Waals surface area contributed by atoms with Gasteiger partial charge in [-0.2, -0.15) is 0 Å². The summed E-state index contributed by atoms with van der Waals surface area (Å²) in [6, 6.07) is 5.26. The van der Waals surface area contributed by atoms with Crippen LogP contribution in [0, 0.1) is 0 Å². The maximum Gasteiger partial charge on any atom is 0.236 e. The van der Waals surface area contributed by atoms with E-state index in [0.29, 0.717) is 16.6 Å². The predicted molar refractivity (Wildman–Crippen MR) is 71.3 cm³/mol. The van der Waals surface area contributed by atoms with E-state index in [2.05, 4.69) is 15.9 Å². The molecule has 0 heterocycles. The summed E-state index contributed by atoms with van der Waals surface area (Å²) in [5, 5.41) is 1.17. The molecule has 0 aliphatic carbocycles. The monoisotopic (exact) mass is 323 g/mol. The molecule has 0 radical (unpaired) electrons. The van der Waals surface area contributed by atoms with Crippen molar-refractivity contribution in [3.8, 4) is 0 Å². The Morgan fingerprint density at radius 1 is 1.50 bits per heavy atom. The standard InChI is InChI=1S/C11H12BrCl2NO/c1-7(12)11(16)15(2)6-8-3-4-9(13)5-10(8)14/h3-5,7H,6H2,1-2H3. The molecule has 0 bridgehead atoms. The van der Waals surface area contributed by atoms with Crippen molar-refractivity contribution >= 4 is 45.0 Å². The number of halogens is 3. The maximum atomic E-state index is 11.6. The Morgan fingerprint density at radius 3 is 2.62 bits per heavy atom. The minimum absolute atomic E-state index is 0.0195. The highest BCUT2D eigenvalue weighted by Crippen LogP contribution is 2.22. The zero-order valence-electron chi connectivity index (χ0n) is 9.01. The van der Waals surface area contributed by atoms with Gasteiger partial charge in [0.2, 0.25) is 5.91 Å². The van der Waals surface area contributed by atoms with Gasteiger partial charge in [-0.3, -0.25) is 4.79 Å². The fourth-order valence-electron chi connectivity index (χ4n) is 1.29. The Labute approximate surface area is 114 Å². The van der Waals surface area contributed by atoms with Crippen LogP contribution in [0.3, 0.4) is 0 Å². The lowest BCUT2D eigenvalue weighted by Crippen LogP contribution is -2.31. The molecule has 0 saturated heterocycles. The maximum absolute atomic E-state index is 11.6. The summed E-state index contributed by atoms with van der Waals surface area (Å²) in [7, 11) is 1.74. The highest BCUT2D eigenvalue weighted by molar-refractivity contribution is 9.10. The second kappa shape index (κ2) is 5.89. The van der Waals surface area contributed by atoms with Gasteiger partial charge in [0.1, 0.15) is 0 Å². The third-order valence-corrected chi connectivity index (χ3v) is 3.12. The highest BCUT2D eigenvalue weighted by Gasteiger charge is 2.15. The van der Waals surface area contributed by atoms with Gasteiger partial charge in [-0.1, -0.05) is 45.2 Å². The van der Waals surface area contributed by atoms with E-state index in [4.69, 9.17) is 23.2 Å². The average molecular weight is 325 g/mol. The van der Waals surface area contributed by atoms with Gasteiger partial charge in [0.15, 0.2) is 0 Å². The number of alkyl halides is 1. The molecule has 88 valence electrons. The molecule has 0 aliphatic heterocycles. The number of nitrogens with zero attached hydrogens (tertiary/aromatic N) is 1. The van der Waals surface area contributed by atoms with Crippen LogP contribution in [-0.2, 0) is 11.3 Å². The fraction of sp³-hybridized carbons (Fsp3) is 0.364. The topological polar surface area (TPSA) is 20.3 Å². The lowest BCUT2D eigenvalue weighted by molar-refractivity contribution is -0.129. The van der Waals surface area contributed by atoms with Crippen LogP contribution in [0.5, 0.6) is 0 Å². The predicted octanol–water partition coefficient (Wildman–Crippen LogP) is 3.74. The summed E-state index contributed by atoms with van der Waals surface area (Å²) in [6.45, 7) is 2.27. The van der Waals surface area contributed by atoms with Crippen molar-refractivity contribution in [1.82, 2.24) is 4.90 Å². The van der Waals surface area contributed by atoms with Crippen LogP contribution < -0.4 is 0 Å². The minimum atomic E-state index is -0.191. The number of amides is 1. The first-order valence-corrected chi connectivity index (χ1v) is 6.42. The van der Waals surface area contributed by atoms with Crippen LogP contribution in [-0.4, -0.2) is 22.7 Å². The van der Waals surface area contributed by atoms with Crippen molar-refractivity contribution in [3.05, 3.63) is 33.8 Å². The van der Waals surface area contributed by atoms with Crippen molar-refractivity contribution in [3.63, 3.8) is 0 Å². The molecule has 0 N–H and O–H groups in total. The molecule has 0 fully saturated rings. The Kier molecular flexibility index (Phi) is 5.09. The van der Waals surface area contributed by atoms with E-state index in [1.807, 2.05) is 6.07 Å². The van der Waals surface area contributed by atoms with Crippen LogP contribution in [0.1, 0.15) is 12.5 Å². The third-order valence-electron chi connectivity index (χ3n) is 2.14. The molecule has 1 unspecified atom stereocenters. The van der Waals surface area contributed by atoms with E-state index in [-0.39, 0.29) is 10.7 Å². The molecule has 1 rings (SSSR count). The molecule has 0 aliphatic rings. The van der Waals surface area contributed by atoms with Crippen molar-refractivity contribution in [2.24, 2.45) is 0 Å². The molecule has 0 aromatic heterocycles. The zero-order valence-corrected chi connectivity index (χ0v) is 12.1. The fourth-order valence-corrected chi connectivity index (χ4v) is 2.10. The van der Waals surface area contributed by atoms with Crippen molar-refractivity contribution < 1.29 is 4.79 Å². The Hall–Kier alpha value is -0.250. The minimum Gasteiger partial charge on any atom is -0.340 e. The molecular formula is C11H12BrCl2NO. The zero-order chi connectivity index (χ0) is 12.3. The van der Waals surface area contributed by atoms with Crippen LogP contribution in [0.15, 0.2) is 18.2 Å². The second-order valence-electron chi connectivity index (χ2n) is 3.55. The second-order valence-corrected chi connectivity index (χ2v) is 5.76. The largest absolute Gasteiger partial charge is 0.340 e. The average Bonchev–Trinajstić information content (AvgIpc) is 2.20. The molecule has 0 saturated carbocycles. The lowest BCUT2D eigenvalue weighted by Gasteiger charge is -2.19. The molecule has 5 heteroatoms. The van der Waals surface area contributed by atoms with Gasteiger partial charge in [-0.15, -0.1) is 0 Å². The molecule has 1 amide bonds. The number of hydrogen-bond donors (Lipinski definition) is 0. The molecule has 2 nitrogen and oxygen atoms in total. The highest BCUT2D eigenvalue weighted by atomic mass is 79.9. The quantitative estimate of drug-likeness (QED) is 0.776. The van der Waals surface area contributed by atoms with E-state index in [1.54, 1.807) is 31.0 Å². The van der Waals surface area contributed by atoms with Crippen LogP contribution in [0.4, 0.5) is 0 Å². The van der Waals surface area contributed by atoms with Gasteiger partial charge >= 0.3 is 0 Å². The summed E-state index contributed by atoms with van der Waals surface area (Å²) in [5.74, 6) is 0.0195. The summed E-state index contributed by atoms with van der Waals surface area (Å²) in [6.07, 6.45) is 0. The van der Waals surface area contributed by atoms with Crippen molar-refractivity contribution in [2.75, 3.05) is 7.05 Å². The summed E-state index contributed by atoms with van der Waals surface area (Å²) in [4.78, 5) is 13.1. The third kappa shape index (κ3) is 3.65. The SMILES string of the molecule is CC(Br)C(=O)N(C)Cc1ccc(Cl)cc1Cl. The van der Waals surface area contributed by atoms with E-state index in [9.17, 15) is 4.79 Å². The molecular weight excluding hydrogens is 313 g/mol. The van der Waals surface area contributed by atoms with Crippen LogP contribution in [0.25, 0.3) is 0 Å². The van der Waals surface area contributed by atoms with E-state index < -0.39 is 0 Å². The van der Waals surface area contributed by atoms with Crippen molar-refractivity contribution in [2.45, 2.75) is 18.3 Å². The first-order chi connectivity index (χ1) is 7.41. The smallest absolute Gasteiger partial charge is 0.236 e. The van der Waals surface area contributed by atoms with Gasteiger partial charge in [0, 0.05) is 23.6 Å². The molecule has 1 aromatic rings. The summed E-state index contributed by atoms with van der Waals surface area (Å²) in [5.41, 5.74) is 0.884. The number of rotatable bonds is 3. The number of carbonyl (C=O) groups is 1. The molecule has 16 heavy (non-hydrogen) atoms. The van der Waals surface area contributed by atoms with Gasteiger partial charge < -0.3 is 4.90 Å². The number of hydrogen-bond acceptors (Lipinski definition) is 1. The van der Waals surface area contributed by atoms with Crippen molar-refractivity contribution in [1.29, 1.82) is 0 Å². The van der Waals surface area contributed by atoms with Gasteiger partial charge in [-0.05, 0) is 24.6 Å². The van der Waals surface area contributed by atoms with Gasteiger partial charge in [0.05, 0.1) is 4.83 Å². The van der Waals surface area contributed by atoms with Crippen LogP contribution >= 0.6 is 39.1 Å². The Bertz CT molecular complexity index is 396. The molecule has 1 atom stereocenters. The number of benzene rings is 1. The first kappa shape index (κ1) is 13.8. The van der Waals surface area contributed by atoms with E-state index in [1.165, 1.54) is 0 Å². The normalized spacial score (nSPS) is 12.3.